The first-order valence-corrected chi connectivity index (χ1v) is 6.14. The minimum atomic E-state index is 0.184. The van der Waals surface area contributed by atoms with Crippen molar-refractivity contribution < 1.29 is 5.11 Å². The largest absolute Gasteiger partial charge is 0.396 e. The lowest BCUT2D eigenvalue weighted by Gasteiger charge is -2.26. The van der Waals surface area contributed by atoms with Gasteiger partial charge in [0, 0.05) is 19.2 Å². The second-order valence-electron chi connectivity index (χ2n) is 4.13. The van der Waals surface area contributed by atoms with Gasteiger partial charge in [0.25, 0.3) is 0 Å². The average Bonchev–Trinajstić information content (AvgIpc) is 2.77. The highest BCUT2D eigenvalue weighted by Crippen LogP contribution is 2.27. The normalized spacial score (nSPS) is 19.6. The van der Waals surface area contributed by atoms with Crippen molar-refractivity contribution >= 4 is 23.0 Å². The van der Waals surface area contributed by atoms with Crippen LogP contribution >= 0.6 is 12.2 Å². The molecule has 1 saturated heterocycles. The second-order valence-corrected chi connectivity index (χ2v) is 4.57. The highest BCUT2D eigenvalue weighted by Gasteiger charge is 2.27. The van der Waals surface area contributed by atoms with Crippen molar-refractivity contribution in [3.8, 4) is 0 Å². The van der Waals surface area contributed by atoms with Gasteiger partial charge in [-0.15, -0.1) is 5.10 Å². The van der Waals surface area contributed by atoms with Crippen molar-refractivity contribution in [1.82, 2.24) is 10.2 Å². The van der Waals surface area contributed by atoms with Crippen LogP contribution < -0.4 is 10.6 Å². The number of nitrogens with two attached hydrogens (primary N) is 1. The summed E-state index contributed by atoms with van der Waals surface area (Å²) in [6, 6.07) is 2.10. The monoisotopic (exact) mass is 252 g/mol. The van der Waals surface area contributed by atoms with Gasteiger partial charge in [0.05, 0.1) is 11.8 Å². The number of aliphatic hydroxyl groups is 1. The lowest BCUT2D eigenvalue weighted by molar-refractivity contribution is 0.275. The van der Waals surface area contributed by atoms with Gasteiger partial charge >= 0.3 is 0 Å². The molecule has 1 fully saturated rings. The lowest BCUT2D eigenvalue weighted by atomic mass is 10.1. The first-order chi connectivity index (χ1) is 8.24. The van der Waals surface area contributed by atoms with E-state index in [0.29, 0.717) is 11.0 Å². The quantitative estimate of drug-likeness (QED) is 0.758. The van der Waals surface area contributed by atoms with Gasteiger partial charge in [-0.25, -0.2) is 0 Å². The smallest absolute Gasteiger partial charge is 0.161 e. The second kappa shape index (κ2) is 5.37. The van der Waals surface area contributed by atoms with E-state index in [1.807, 2.05) is 0 Å². The molecule has 17 heavy (non-hydrogen) atoms. The first kappa shape index (κ1) is 12.2. The lowest BCUT2D eigenvalue weighted by Crippen LogP contribution is -2.33. The topological polar surface area (TPSA) is 75.3 Å². The Morgan fingerprint density at radius 2 is 2.47 bits per heavy atom. The average molecular weight is 252 g/mol. The Morgan fingerprint density at radius 1 is 1.65 bits per heavy atom. The molecule has 0 aromatic carbocycles. The third-order valence-electron chi connectivity index (χ3n) is 3.08. The van der Waals surface area contributed by atoms with Crippen LogP contribution in [-0.4, -0.2) is 39.5 Å². The fraction of sp³-hybridized carbons (Fsp3) is 0.545. The van der Waals surface area contributed by atoms with Gasteiger partial charge in [-0.1, -0.05) is 12.2 Å². The Labute approximate surface area is 106 Å². The third-order valence-corrected chi connectivity index (χ3v) is 3.30. The van der Waals surface area contributed by atoms with Gasteiger partial charge in [0.15, 0.2) is 5.82 Å². The molecule has 0 bridgehead atoms. The van der Waals surface area contributed by atoms with E-state index in [2.05, 4.69) is 15.1 Å². The van der Waals surface area contributed by atoms with Crippen LogP contribution in [0.5, 0.6) is 0 Å². The molecule has 0 radical (unpaired) electrons. The van der Waals surface area contributed by atoms with Gasteiger partial charge in [-0.2, -0.15) is 5.10 Å². The molecule has 0 amide bonds. The molecule has 2 rings (SSSR count). The summed E-state index contributed by atoms with van der Waals surface area (Å²) in [5.74, 6) is 0.746. The highest BCUT2D eigenvalue weighted by atomic mass is 32.1. The molecular formula is C11H16N4OS. The van der Waals surface area contributed by atoms with Crippen molar-refractivity contribution in [2.24, 2.45) is 5.73 Å². The van der Waals surface area contributed by atoms with Crippen molar-refractivity contribution in [1.29, 1.82) is 0 Å². The molecule has 3 N–H and O–H groups in total. The molecule has 0 spiro atoms. The molecule has 1 aliphatic heterocycles. The molecule has 6 heteroatoms. The maximum atomic E-state index is 9.06. The van der Waals surface area contributed by atoms with Gasteiger partial charge in [0.1, 0.15) is 4.99 Å². The summed E-state index contributed by atoms with van der Waals surface area (Å²) in [7, 11) is 0. The molecule has 92 valence electrons. The Morgan fingerprint density at radius 3 is 3.18 bits per heavy atom. The number of rotatable bonds is 4. The number of hydrogen-bond donors (Lipinski definition) is 2. The SMILES string of the molecule is NC(=S)c1ccnnc1N1CCCC1CCO. The molecular weight excluding hydrogens is 236 g/mol. The number of nitrogens with zero attached hydrogens (tertiary/aromatic N) is 3. The fourth-order valence-electron chi connectivity index (χ4n) is 2.29. The Balaban J connectivity index is 2.29. The number of thiocarbonyl (C=S) groups is 1. The molecule has 0 aliphatic carbocycles. The first-order valence-electron chi connectivity index (χ1n) is 5.73. The molecule has 1 aromatic rings. The molecule has 1 aliphatic rings. The zero-order valence-electron chi connectivity index (χ0n) is 9.54. The number of aromatic nitrogens is 2. The zero-order chi connectivity index (χ0) is 12.3. The summed E-state index contributed by atoms with van der Waals surface area (Å²) in [6.07, 6.45) is 4.49. The Kier molecular flexibility index (Phi) is 3.86. The third kappa shape index (κ3) is 2.53. The predicted molar refractivity (Wildman–Crippen MR) is 70.0 cm³/mol. The van der Waals surface area contributed by atoms with Crippen molar-refractivity contribution in [2.75, 3.05) is 18.1 Å². The van der Waals surface area contributed by atoms with E-state index in [4.69, 9.17) is 23.1 Å². The molecule has 1 aromatic heterocycles. The standard InChI is InChI=1S/C11H16N4OS/c12-10(17)9-3-5-13-14-11(9)15-6-1-2-8(15)4-7-16/h3,5,8,16H,1-2,4,6-7H2,(H2,12,17). The minimum Gasteiger partial charge on any atom is -0.396 e. The van der Waals surface area contributed by atoms with Crippen LogP contribution in [0.1, 0.15) is 24.8 Å². The van der Waals surface area contributed by atoms with E-state index in [0.717, 1.165) is 37.2 Å². The van der Waals surface area contributed by atoms with E-state index in [9.17, 15) is 0 Å². The zero-order valence-corrected chi connectivity index (χ0v) is 10.4. The summed E-state index contributed by atoms with van der Waals surface area (Å²) < 4.78 is 0. The van der Waals surface area contributed by atoms with E-state index >= 15 is 0 Å². The van der Waals surface area contributed by atoms with Gasteiger partial charge in [-0.3, -0.25) is 0 Å². The van der Waals surface area contributed by atoms with Crippen molar-refractivity contribution in [2.45, 2.75) is 25.3 Å². The van der Waals surface area contributed by atoms with Crippen LogP contribution in [0.25, 0.3) is 0 Å². The molecule has 0 saturated carbocycles. The van der Waals surface area contributed by atoms with E-state index in [1.165, 1.54) is 0 Å². The highest BCUT2D eigenvalue weighted by molar-refractivity contribution is 7.80. The summed E-state index contributed by atoms with van der Waals surface area (Å²) in [5.41, 5.74) is 6.45. The fourth-order valence-corrected chi connectivity index (χ4v) is 2.45. The van der Waals surface area contributed by atoms with Gasteiger partial charge in [-0.05, 0) is 25.3 Å². The van der Waals surface area contributed by atoms with E-state index < -0.39 is 0 Å². The van der Waals surface area contributed by atoms with Crippen LogP contribution in [-0.2, 0) is 0 Å². The van der Waals surface area contributed by atoms with E-state index in [1.54, 1.807) is 12.3 Å². The van der Waals surface area contributed by atoms with Gasteiger partial charge in [0.2, 0.25) is 0 Å². The molecule has 2 heterocycles. The molecule has 5 nitrogen and oxygen atoms in total. The van der Waals surface area contributed by atoms with Gasteiger partial charge < -0.3 is 15.7 Å². The van der Waals surface area contributed by atoms with E-state index in [-0.39, 0.29) is 6.61 Å². The molecule has 1 unspecified atom stereocenters. The van der Waals surface area contributed by atoms with Crippen LogP contribution in [0.2, 0.25) is 0 Å². The van der Waals surface area contributed by atoms with Crippen LogP contribution in [0, 0.1) is 0 Å². The summed E-state index contributed by atoms with van der Waals surface area (Å²) >= 11 is 5.02. The Bertz CT molecular complexity index is 412. The number of aliphatic hydroxyl groups excluding tert-OH is 1. The summed E-state index contributed by atoms with van der Waals surface area (Å²) in [6.45, 7) is 1.10. The molecule has 1 atom stereocenters. The van der Waals surface area contributed by atoms with Crippen molar-refractivity contribution in [3.63, 3.8) is 0 Å². The van der Waals surface area contributed by atoms with Crippen LogP contribution in [0.15, 0.2) is 12.3 Å². The number of anilines is 1. The minimum absolute atomic E-state index is 0.184. The van der Waals surface area contributed by atoms with Crippen LogP contribution in [0.3, 0.4) is 0 Å². The van der Waals surface area contributed by atoms with Crippen LogP contribution in [0.4, 0.5) is 5.82 Å². The predicted octanol–water partition coefficient (Wildman–Crippen LogP) is 0.462. The maximum Gasteiger partial charge on any atom is 0.161 e. The Hall–Kier alpha value is -1.27. The summed E-state index contributed by atoms with van der Waals surface area (Å²) in [5, 5.41) is 17.1. The summed E-state index contributed by atoms with van der Waals surface area (Å²) in [4.78, 5) is 2.49. The van der Waals surface area contributed by atoms with Crippen molar-refractivity contribution in [3.05, 3.63) is 17.8 Å². The number of hydrogen-bond acceptors (Lipinski definition) is 5. The maximum absolute atomic E-state index is 9.06.